The van der Waals surface area contributed by atoms with E-state index in [1.54, 1.807) is 18.2 Å². The summed E-state index contributed by atoms with van der Waals surface area (Å²) in [6, 6.07) is 12.1. The first-order valence-corrected chi connectivity index (χ1v) is 9.67. The Morgan fingerprint density at radius 1 is 1.03 bits per heavy atom. The molecule has 0 bridgehead atoms. The van der Waals surface area contributed by atoms with Crippen LogP contribution >= 0.6 is 0 Å². The van der Waals surface area contributed by atoms with Crippen LogP contribution in [-0.2, 0) is 17.8 Å². The molecule has 0 atom stereocenters. The van der Waals surface area contributed by atoms with Crippen LogP contribution in [0.4, 0.5) is 11.4 Å². The lowest BCUT2D eigenvalue weighted by Crippen LogP contribution is -2.48. The molecule has 0 aromatic heterocycles. The first kappa shape index (κ1) is 19.1. The smallest absolute Gasteiger partial charge is 0.269 e. The molecule has 2 aliphatic rings. The molecule has 2 aliphatic heterocycles. The minimum atomic E-state index is -0.400. The molecule has 0 unspecified atom stereocenters. The lowest BCUT2D eigenvalue weighted by molar-refractivity contribution is -0.384. The molecule has 1 fully saturated rings. The van der Waals surface area contributed by atoms with Gasteiger partial charge in [-0.25, -0.2) is 0 Å². The fourth-order valence-electron chi connectivity index (χ4n) is 3.79. The summed E-state index contributed by atoms with van der Waals surface area (Å²) in [7, 11) is 0. The molecule has 2 heterocycles. The average Bonchev–Trinajstić information content (AvgIpc) is 2.74. The Morgan fingerprint density at radius 2 is 1.76 bits per heavy atom. The summed E-state index contributed by atoms with van der Waals surface area (Å²) < 4.78 is 0. The summed E-state index contributed by atoms with van der Waals surface area (Å²) in [5, 5.41) is 13.6. The number of hydrogen-bond acceptors (Lipinski definition) is 5. The van der Waals surface area contributed by atoms with E-state index in [4.69, 9.17) is 0 Å². The van der Waals surface area contributed by atoms with Gasteiger partial charge in [0.1, 0.15) is 0 Å². The van der Waals surface area contributed by atoms with Crippen molar-refractivity contribution in [3.8, 4) is 0 Å². The van der Waals surface area contributed by atoms with Crippen molar-refractivity contribution in [1.82, 2.24) is 9.80 Å². The Bertz CT molecular complexity index is 950. The zero-order valence-electron chi connectivity index (χ0n) is 16.0. The second kappa shape index (κ2) is 8.00. The van der Waals surface area contributed by atoms with Crippen LogP contribution in [0, 0.1) is 10.1 Å². The van der Waals surface area contributed by atoms with E-state index in [0.717, 1.165) is 29.9 Å². The number of amides is 2. The number of nitro groups is 1. The molecule has 0 saturated carbocycles. The molecule has 0 aliphatic carbocycles. The van der Waals surface area contributed by atoms with Crippen LogP contribution in [0.25, 0.3) is 0 Å². The van der Waals surface area contributed by atoms with Crippen LogP contribution in [-0.4, -0.2) is 52.7 Å². The normalized spacial score (nSPS) is 16.8. The van der Waals surface area contributed by atoms with E-state index in [9.17, 15) is 19.7 Å². The van der Waals surface area contributed by atoms with Gasteiger partial charge in [-0.3, -0.25) is 24.6 Å². The van der Waals surface area contributed by atoms with Crippen LogP contribution in [0.2, 0.25) is 0 Å². The predicted octanol–water partition coefficient (Wildman–Crippen LogP) is 2.44. The maximum Gasteiger partial charge on any atom is 0.269 e. The number of non-ortho nitro benzene ring substituents is 1. The van der Waals surface area contributed by atoms with Gasteiger partial charge in [0.25, 0.3) is 11.6 Å². The molecule has 2 amide bonds. The van der Waals surface area contributed by atoms with E-state index < -0.39 is 4.92 Å². The summed E-state index contributed by atoms with van der Waals surface area (Å²) in [5.74, 6) is 0.0282. The molecule has 2 aromatic rings. The van der Waals surface area contributed by atoms with Crippen molar-refractivity contribution in [3.63, 3.8) is 0 Å². The SMILES string of the molecule is O=C1CCc2cc(C(=O)N3CCN(Cc4ccc([N+](=O)[O-])cc4)CC3)ccc2N1. The summed E-state index contributed by atoms with van der Waals surface area (Å²) in [6.07, 6.45) is 1.11. The Hall–Kier alpha value is -3.26. The van der Waals surface area contributed by atoms with Crippen LogP contribution in [0.1, 0.15) is 27.9 Å². The molecule has 1 saturated heterocycles. The number of benzene rings is 2. The largest absolute Gasteiger partial charge is 0.336 e. The standard InChI is InChI=1S/C21H22N4O4/c26-20-8-4-16-13-17(3-7-19(16)22-20)21(27)24-11-9-23(10-12-24)14-15-1-5-18(6-2-15)25(28)29/h1-3,5-7,13H,4,8-12,14H2,(H,22,26). The van der Waals surface area contributed by atoms with Crippen molar-refractivity contribution >= 4 is 23.2 Å². The Balaban J connectivity index is 1.34. The molecule has 0 radical (unpaired) electrons. The van der Waals surface area contributed by atoms with E-state index in [0.29, 0.717) is 38.0 Å². The number of nitro benzene ring substituents is 1. The second-order valence-corrected chi connectivity index (χ2v) is 7.41. The number of carbonyl (C=O) groups excluding carboxylic acids is 2. The number of hydrogen-bond donors (Lipinski definition) is 1. The average molecular weight is 394 g/mol. The summed E-state index contributed by atoms with van der Waals surface area (Å²) >= 11 is 0. The van der Waals surface area contributed by atoms with Gasteiger partial charge < -0.3 is 10.2 Å². The van der Waals surface area contributed by atoms with Gasteiger partial charge in [-0.2, -0.15) is 0 Å². The van der Waals surface area contributed by atoms with Crippen molar-refractivity contribution in [2.45, 2.75) is 19.4 Å². The van der Waals surface area contributed by atoms with Crippen molar-refractivity contribution in [1.29, 1.82) is 0 Å². The molecule has 8 heteroatoms. The summed E-state index contributed by atoms with van der Waals surface area (Å²) in [4.78, 5) is 38.8. The van der Waals surface area contributed by atoms with Gasteiger partial charge in [0.05, 0.1) is 4.92 Å². The molecule has 2 aromatic carbocycles. The van der Waals surface area contributed by atoms with Gasteiger partial charge in [0, 0.05) is 62.5 Å². The minimum absolute atomic E-state index is 0.0136. The molecule has 1 N–H and O–H groups in total. The Labute approximate surface area is 168 Å². The second-order valence-electron chi connectivity index (χ2n) is 7.41. The van der Waals surface area contributed by atoms with E-state index >= 15 is 0 Å². The zero-order valence-corrected chi connectivity index (χ0v) is 16.0. The van der Waals surface area contributed by atoms with Gasteiger partial charge >= 0.3 is 0 Å². The van der Waals surface area contributed by atoms with Gasteiger partial charge in [-0.05, 0) is 35.7 Å². The van der Waals surface area contributed by atoms with Crippen molar-refractivity contribution in [2.24, 2.45) is 0 Å². The number of carbonyl (C=O) groups is 2. The first-order chi connectivity index (χ1) is 14.0. The summed E-state index contributed by atoms with van der Waals surface area (Å²) in [6.45, 7) is 3.49. The van der Waals surface area contributed by atoms with E-state index in [1.807, 2.05) is 17.0 Å². The fourth-order valence-corrected chi connectivity index (χ4v) is 3.79. The number of aryl methyl sites for hydroxylation is 1. The number of nitrogens with one attached hydrogen (secondary N) is 1. The van der Waals surface area contributed by atoms with Crippen LogP contribution in [0.3, 0.4) is 0 Å². The fraction of sp³-hybridized carbons (Fsp3) is 0.333. The van der Waals surface area contributed by atoms with Gasteiger partial charge in [0.2, 0.25) is 5.91 Å². The van der Waals surface area contributed by atoms with Crippen LogP contribution < -0.4 is 5.32 Å². The number of fused-ring (bicyclic) bond motifs is 1. The van der Waals surface area contributed by atoms with E-state index in [-0.39, 0.29) is 17.5 Å². The third kappa shape index (κ3) is 4.27. The highest BCUT2D eigenvalue weighted by Gasteiger charge is 2.24. The number of anilines is 1. The molecule has 0 spiro atoms. The quantitative estimate of drug-likeness (QED) is 0.635. The van der Waals surface area contributed by atoms with Crippen molar-refractivity contribution in [3.05, 3.63) is 69.3 Å². The minimum Gasteiger partial charge on any atom is -0.336 e. The van der Waals surface area contributed by atoms with E-state index in [1.165, 1.54) is 12.1 Å². The number of nitrogens with zero attached hydrogens (tertiary/aromatic N) is 3. The van der Waals surface area contributed by atoms with E-state index in [2.05, 4.69) is 10.2 Å². The van der Waals surface area contributed by atoms with Gasteiger partial charge in [-0.1, -0.05) is 12.1 Å². The highest BCUT2D eigenvalue weighted by molar-refractivity contribution is 5.98. The summed E-state index contributed by atoms with van der Waals surface area (Å²) in [5.41, 5.74) is 3.57. The topological polar surface area (TPSA) is 95.8 Å². The Morgan fingerprint density at radius 3 is 2.45 bits per heavy atom. The lowest BCUT2D eigenvalue weighted by atomic mass is 10.00. The van der Waals surface area contributed by atoms with Crippen molar-refractivity contribution < 1.29 is 14.5 Å². The molecular formula is C21H22N4O4. The Kier molecular flexibility index (Phi) is 5.26. The predicted molar refractivity (Wildman–Crippen MR) is 108 cm³/mol. The third-order valence-electron chi connectivity index (χ3n) is 5.46. The van der Waals surface area contributed by atoms with Gasteiger partial charge in [-0.15, -0.1) is 0 Å². The highest BCUT2D eigenvalue weighted by Crippen LogP contribution is 2.24. The monoisotopic (exact) mass is 394 g/mol. The van der Waals surface area contributed by atoms with Crippen molar-refractivity contribution in [2.75, 3.05) is 31.5 Å². The maximum absolute atomic E-state index is 12.9. The maximum atomic E-state index is 12.9. The van der Waals surface area contributed by atoms with Gasteiger partial charge in [0.15, 0.2) is 0 Å². The molecule has 4 rings (SSSR count). The molecule has 8 nitrogen and oxygen atoms in total. The van der Waals surface area contributed by atoms with Crippen LogP contribution in [0.5, 0.6) is 0 Å². The molecular weight excluding hydrogens is 372 g/mol. The van der Waals surface area contributed by atoms with Crippen LogP contribution in [0.15, 0.2) is 42.5 Å². The zero-order chi connectivity index (χ0) is 20.4. The number of rotatable bonds is 4. The number of piperazine rings is 1. The third-order valence-corrected chi connectivity index (χ3v) is 5.46. The first-order valence-electron chi connectivity index (χ1n) is 9.67. The molecule has 150 valence electrons. The highest BCUT2D eigenvalue weighted by atomic mass is 16.6. The lowest BCUT2D eigenvalue weighted by Gasteiger charge is -2.35. The molecule has 29 heavy (non-hydrogen) atoms.